The van der Waals surface area contributed by atoms with Crippen LogP contribution in [0.4, 0.5) is 0 Å². The highest BCUT2D eigenvalue weighted by Crippen LogP contribution is 2.32. The highest BCUT2D eigenvalue weighted by Gasteiger charge is 2.17. The van der Waals surface area contributed by atoms with Gasteiger partial charge in [-0.2, -0.15) is 0 Å². The summed E-state index contributed by atoms with van der Waals surface area (Å²) in [6.07, 6.45) is 0. The molecule has 0 bridgehead atoms. The van der Waals surface area contributed by atoms with Gasteiger partial charge in [-0.25, -0.2) is 9.78 Å². The molecule has 0 saturated heterocycles. The second-order valence-electron chi connectivity index (χ2n) is 5.32. The van der Waals surface area contributed by atoms with Crippen molar-refractivity contribution in [3.05, 3.63) is 65.9 Å². The monoisotopic (exact) mass is 351 g/mol. The van der Waals surface area contributed by atoms with Gasteiger partial charge < -0.3 is 9.15 Å². The molecule has 0 amide bonds. The summed E-state index contributed by atoms with van der Waals surface area (Å²) >= 11 is 1.54. The number of hydrogen-bond donors (Lipinski definition) is 0. The van der Waals surface area contributed by atoms with E-state index in [9.17, 15) is 4.79 Å². The Morgan fingerprint density at radius 1 is 1.12 bits per heavy atom. The molecule has 124 valence electrons. The summed E-state index contributed by atoms with van der Waals surface area (Å²) in [6.45, 7) is 1.62. The Labute approximate surface area is 147 Å². The zero-order valence-corrected chi connectivity index (χ0v) is 14.1. The number of ether oxygens (including phenoxy) is 1. The van der Waals surface area contributed by atoms with E-state index < -0.39 is 5.97 Å². The van der Waals surface area contributed by atoms with Crippen LogP contribution in [0.2, 0.25) is 0 Å². The molecular formula is C18H13N3O3S. The normalized spacial score (nSPS) is 10.9. The summed E-state index contributed by atoms with van der Waals surface area (Å²) < 4.78 is 11.6. The molecule has 0 spiro atoms. The number of carbonyl (C=O) groups excluding carboxylic acids is 1. The van der Waals surface area contributed by atoms with Crippen molar-refractivity contribution in [2.45, 2.75) is 13.5 Å². The lowest BCUT2D eigenvalue weighted by atomic mass is 10.1. The topological polar surface area (TPSA) is 78.1 Å². The largest absolute Gasteiger partial charge is 0.452 e. The molecule has 0 aliphatic carbocycles. The summed E-state index contributed by atoms with van der Waals surface area (Å²) in [5, 5.41) is 8.31. The van der Waals surface area contributed by atoms with Gasteiger partial charge in [-0.1, -0.05) is 30.3 Å². The van der Waals surface area contributed by atoms with E-state index in [1.807, 2.05) is 36.4 Å². The number of hydrogen-bond acceptors (Lipinski definition) is 7. The third-order valence-electron chi connectivity index (χ3n) is 3.57. The first kappa shape index (κ1) is 15.5. The molecule has 0 saturated carbocycles. The molecule has 0 unspecified atom stereocenters. The molecule has 0 radical (unpaired) electrons. The van der Waals surface area contributed by atoms with Crippen molar-refractivity contribution in [2.75, 3.05) is 0 Å². The molecule has 7 heteroatoms. The van der Waals surface area contributed by atoms with Crippen LogP contribution in [0.25, 0.3) is 20.8 Å². The molecule has 25 heavy (non-hydrogen) atoms. The average molecular weight is 351 g/mol. The van der Waals surface area contributed by atoms with Crippen LogP contribution in [0.5, 0.6) is 0 Å². The van der Waals surface area contributed by atoms with E-state index in [2.05, 4.69) is 15.2 Å². The first-order chi connectivity index (χ1) is 12.2. The Bertz CT molecular complexity index is 1020. The summed E-state index contributed by atoms with van der Waals surface area (Å²) in [5.74, 6) is 0.245. The van der Waals surface area contributed by atoms with E-state index >= 15 is 0 Å². The minimum atomic E-state index is -0.453. The Balaban J connectivity index is 1.63. The Hall–Kier alpha value is -3.06. The molecule has 0 fully saturated rings. The van der Waals surface area contributed by atoms with E-state index in [4.69, 9.17) is 9.15 Å². The maximum Gasteiger partial charge on any atom is 0.339 e. The van der Waals surface area contributed by atoms with Crippen molar-refractivity contribution in [3.8, 4) is 10.6 Å². The Morgan fingerprint density at radius 3 is 2.72 bits per heavy atom. The van der Waals surface area contributed by atoms with Crippen LogP contribution in [0, 0.1) is 6.92 Å². The van der Waals surface area contributed by atoms with Crippen LogP contribution < -0.4 is 0 Å². The van der Waals surface area contributed by atoms with Crippen LogP contribution in [0.3, 0.4) is 0 Å². The molecular weight excluding hydrogens is 338 g/mol. The SMILES string of the molecule is Cc1nnc(COC(=O)c2ccccc2-c2nc3ccccc3s2)o1. The lowest BCUT2D eigenvalue weighted by Gasteiger charge is -2.06. The number of para-hydroxylation sites is 1. The first-order valence-corrected chi connectivity index (χ1v) is 8.43. The van der Waals surface area contributed by atoms with E-state index in [0.717, 1.165) is 20.8 Å². The molecule has 0 atom stereocenters. The minimum Gasteiger partial charge on any atom is -0.452 e. The van der Waals surface area contributed by atoms with Gasteiger partial charge >= 0.3 is 5.97 Å². The zero-order valence-electron chi connectivity index (χ0n) is 13.3. The van der Waals surface area contributed by atoms with Crippen LogP contribution >= 0.6 is 11.3 Å². The Morgan fingerprint density at radius 2 is 1.92 bits per heavy atom. The van der Waals surface area contributed by atoms with Gasteiger partial charge in [0, 0.05) is 12.5 Å². The number of esters is 1. The molecule has 2 aromatic heterocycles. The number of aryl methyl sites for hydroxylation is 1. The molecule has 2 heterocycles. The fourth-order valence-corrected chi connectivity index (χ4v) is 3.44. The maximum atomic E-state index is 12.5. The number of nitrogens with zero attached hydrogens (tertiary/aromatic N) is 3. The molecule has 6 nitrogen and oxygen atoms in total. The van der Waals surface area contributed by atoms with E-state index in [1.54, 1.807) is 19.1 Å². The number of benzene rings is 2. The molecule has 0 N–H and O–H groups in total. The van der Waals surface area contributed by atoms with Crippen molar-refractivity contribution in [1.29, 1.82) is 0 Å². The van der Waals surface area contributed by atoms with Crippen molar-refractivity contribution in [2.24, 2.45) is 0 Å². The third kappa shape index (κ3) is 3.14. The number of carbonyl (C=O) groups is 1. The minimum absolute atomic E-state index is 0.0617. The van der Waals surface area contributed by atoms with Gasteiger partial charge in [-0.05, 0) is 18.2 Å². The zero-order chi connectivity index (χ0) is 17.2. The Kier molecular flexibility index (Phi) is 3.99. The number of thiazole rings is 1. The first-order valence-electron chi connectivity index (χ1n) is 7.62. The number of fused-ring (bicyclic) bond motifs is 1. The quantitative estimate of drug-likeness (QED) is 0.517. The smallest absolute Gasteiger partial charge is 0.339 e. The lowest BCUT2D eigenvalue weighted by Crippen LogP contribution is -2.07. The molecule has 4 rings (SSSR count). The van der Waals surface area contributed by atoms with Crippen molar-refractivity contribution < 1.29 is 13.9 Å². The molecule has 0 aliphatic rings. The molecule has 4 aromatic rings. The summed E-state index contributed by atoms with van der Waals surface area (Å²) in [5.41, 5.74) is 2.11. The van der Waals surface area contributed by atoms with Gasteiger partial charge in [-0.15, -0.1) is 21.5 Å². The van der Waals surface area contributed by atoms with Gasteiger partial charge in [0.25, 0.3) is 5.89 Å². The van der Waals surface area contributed by atoms with Gasteiger partial charge in [0.15, 0.2) is 6.61 Å². The van der Waals surface area contributed by atoms with Crippen molar-refractivity contribution in [1.82, 2.24) is 15.2 Å². The maximum absolute atomic E-state index is 12.5. The predicted octanol–water partition coefficient (Wildman–Crippen LogP) is 4.01. The van der Waals surface area contributed by atoms with Crippen molar-refractivity contribution in [3.63, 3.8) is 0 Å². The van der Waals surface area contributed by atoms with Gasteiger partial charge in [0.05, 0.1) is 15.8 Å². The van der Waals surface area contributed by atoms with Gasteiger partial charge in [0.1, 0.15) is 5.01 Å². The number of rotatable bonds is 4. The van der Waals surface area contributed by atoms with E-state index in [0.29, 0.717) is 11.5 Å². The van der Waals surface area contributed by atoms with E-state index in [-0.39, 0.29) is 12.5 Å². The van der Waals surface area contributed by atoms with Crippen LogP contribution in [0.1, 0.15) is 22.1 Å². The summed E-state index contributed by atoms with van der Waals surface area (Å²) in [4.78, 5) is 17.1. The molecule has 2 aromatic carbocycles. The lowest BCUT2D eigenvalue weighted by molar-refractivity contribution is 0.0438. The second-order valence-corrected chi connectivity index (χ2v) is 6.35. The predicted molar refractivity (Wildman–Crippen MR) is 93.2 cm³/mol. The van der Waals surface area contributed by atoms with Gasteiger partial charge in [-0.3, -0.25) is 0 Å². The fourth-order valence-electron chi connectivity index (χ4n) is 2.44. The third-order valence-corrected chi connectivity index (χ3v) is 4.64. The van der Waals surface area contributed by atoms with Crippen LogP contribution in [-0.2, 0) is 11.3 Å². The summed E-state index contributed by atoms with van der Waals surface area (Å²) in [6, 6.07) is 15.1. The number of aromatic nitrogens is 3. The van der Waals surface area contributed by atoms with Gasteiger partial charge in [0.2, 0.25) is 5.89 Å². The average Bonchev–Trinajstić information content (AvgIpc) is 3.25. The fraction of sp³-hybridized carbons (Fsp3) is 0.111. The van der Waals surface area contributed by atoms with Crippen LogP contribution in [0.15, 0.2) is 52.9 Å². The summed E-state index contributed by atoms with van der Waals surface area (Å²) in [7, 11) is 0. The highest BCUT2D eigenvalue weighted by atomic mass is 32.1. The highest BCUT2D eigenvalue weighted by molar-refractivity contribution is 7.21. The van der Waals surface area contributed by atoms with E-state index in [1.165, 1.54) is 11.3 Å². The molecule has 0 aliphatic heterocycles. The van der Waals surface area contributed by atoms with Crippen LogP contribution in [-0.4, -0.2) is 21.2 Å². The second kappa shape index (κ2) is 6.45. The van der Waals surface area contributed by atoms with Crippen molar-refractivity contribution >= 4 is 27.5 Å². The standard InChI is InChI=1S/C18H13N3O3S/c1-11-20-21-16(24-11)10-23-18(22)13-7-3-2-6-12(13)17-19-14-8-4-5-9-15(14)25-17/h2-9H,10H2,1H3.